The summed E-state index contributed by atoms with van der Waals surface area (Å²) in [6.45, 7) is 3.20. The first-order chi connectivity index (χ1) is 13.9. The number of aliphatic carboxylic acids is 1. The van der Waals surface area contributed by atoms with Crippen LogP contribution in [0.2, 0.25) is 5.02 Å². The summed E-state index contributed by atoms with van der Waals surface area (Å²) < 4.78 is 11.3. The summed E-state index contributed by atoms with van der Waals surface area (Å²) in [6.07, 6.45) is 1.56. The molecule has 0 spiro atoms. The molecule has 160 valence electrons. The van der Waals surface area contributed by atoms with Crippen molar-refractivity contribution < 1.29 is 29.3 Å². The predicted molar refractivity (Wildman–Crippen MR) is 107 cm³/mol. The summed E-state index contributed by atoms with van der Waals surface area (Å²) in [5.41, 5.74) is 0.329. The van der Waals surface area contributed by atoms with Crippen molar-refractivity contribution in [3.05, 3.63) is 22.7 Å². The molecule has 0 radical (unpaired) electrons. The number of carbonyl (C=O) groups is 2. The van der Waals surface area contributed by atoms with E-state index in [1.807, 2.05) is 0 Å². The van der Waals surface area contributed by atoms with Crippen molar-refractivity contribution in [2.75, 3.05) is 39.4 Å². The minimum Gasteiger partial charge on any atom is -0.489 e. The zero-order chi connectivity index (χ0) is 20.8. The first-order valence-corrected chi connectivity index (χ1v) is 10.3. The number of ether oxygens (including phenoxy) is 2. The second kappa shape index (κ2) is 10.1. The van der Waals surface area contributed by atoms with Crippen molar-refractivity contribution in [1.82, 2.24) is 10.2 Å². The lowest BCUT2D eigenvalue weighted by Gasteiger charge is -2.36. The van der Waals surface area contributed by atoms with Gasteiger partial charge in [0.05, 0.1) is 24.9 Å². The van der Waals surface area contributed by atoms with Crippen molar-refractivity contribution in [2.24, 2.45) is 5.92 Å². The second-order valence-corrected chi connectivity index (χ2v) is 7.89. The highest BCUT2D eigenvalue weighted by molar-refractivity contribution is 6.31. The van der Waals surface area contributed by atoms with Gasteiger partial charge < -0.3 is 29.9 Å². The molecule has 0 aromatic heterocycles. The molecule has 2 aliphatic heterocycles. The average Bonchev–Trinajstić information content (AvgIpc) is 2.91. The number of piperidine rings is 1. The number of aliphatic hydroxyl groups excluding tert-OH is 1. The van der Waals surface area contributed by atoms with Crippen LogP contribution < -0.4 is 14.8 Å². The zero-order valence-electron chi connectivity index (χ0n) is 16.2. The first kappa shape index (κ1) is 21.7. The third-order valence-corrected chi connectivity index (χ3v) is 5.47. The minimum absolute atomic E-state index is 0.0652. The molecule has 1 aromatic rings. The number of hydrogen-bond acceptors (Lipinski definition) is 6. The van der Waals surface area contributed by atoms with Gasteiger partial charge in [0, 0.05) is 42.9 Å². The Hall–Kier alpha value is -2.03. The summed E-state index contributed by atoms with van der Waals surface area (Å²) in [6, 6.07) is 3.20. The number of carboxylic acids is 1. The van der Waals surface area contributed by atoms with E-state index in [1.54, 1.807) is 12.1 Å². The van der Waals surface area contributed by atoms with Gasteiger partial charge in [-0.05, 0) is 32.0 Å². The fourth-order valence-corrected chi connectivity index (χ4v) is 3.88. The van der Waals surface area contributed by atoms with Crippen LogP contribution in [0.3, 0.4) is 0 Å². The molecule has 3 N–H and O–H groups in total. The molecule has 2 atom stereocenters. The Morgan fingerprint density at radius 1 is 1.28 bits per heavy atom. The van der Waals surface area contributed by atoms with E-state index in [0.29, 0.717) is 61.4 Å². The Kier molecular flexibility index (Phi) is 7.57. The van der Waals surface area contributed by atoms with Gasteiger partial charge in [0.15, 0.2) is 11.5 Å². The summed E-state index contributed by atoms with van der Waals surface area (Å²) >= 11 is 6.13. The molecular weight excluding hydrogens is 400 g/mol. The number of aliphatic hydroxyl groups is 1. The summed E-state index contributed by atoms with van der Waals surface area (Å²) in [7, 11) is 0. The van der Waals surface area contributed by atoms with E-state index < -0.39 is 12.1 Å². The fourth-order valence-electron chi connectivity index (χ4n) is 3.67. The Balaban J connectivity index is 1.54. The average molecular weight is 427 g/mol. The van der Waals surface area contributed by atoms with Gasteiger partial charge in [-0.25, -0.2) is 0 Å². The van der Waals surface area contributed by atoms with Gasteiger partial charge in [0.2, 0.25) is 0 Å². The lowest BCUT2D eigenvalue weighted by molar-refractivity contribution is -0.137. The Morgan fingerprint density at radius 3 is 2.83 bits per heavy atom. The summed E-state index contributed by atoms with van der Waals surface area (Å²) in [5.74, 6) is -0.320. The van der Waals surface area contributed by atoms with E-state index in [-0.39, 0.29) is 18.2 Å². The number of fused-ring (bicyclic) bond motifs is 1. The van der Waals surface area contributed by atoms with E-state index in [9.17, 15) is 14.7 Å². The third kappa shape index (κ3) is 5.98. The molecule has 8 nitrogen and oxygen atoms in total. The molecule has 0 saturated carbocycles. The molecule has 2 aliphatic rings. The molecule has 9 heteroatoms. The smallest absolute Gasteiger partial charge is 0.303 e. The quantitative estimate of drug-likeness (QED) is 0.609. The van der Waals surface area contributed by atoms with Crippen molar-refractivity contribution in [1.29, 1.82) is 0 Å². The number of nitrogens with one attached hydrogen (secondary N) is 1. The number of nitrogens with zero attached hydrogens (tertiary/aromatic N) is 1. The maximum atomic E-state index is 12.7. The van der Waals surface area contributed by atoms with Crippen molar-refractivity contribution in [3.8, 4) is 11.5 Å². The summed E-state index contributed by atoms with van der Waals surface area (Å²) in [4.78, 5) is 25.4. The number of β-amino-alcohol motifs (C(OH)–C–C–N with tert-alkyl or cyclic N) is 1. The molecule has 1 amide bonds. The topological polar surface area (TPSA) is 108 Å². The van der Waals surface area contributed by atoms with Crippen LogP contribution in [-0.2, 0) is 4.79 Å². The van der Waals surface area contributed by atoms with E-state index in [2.05, 4.69) is 10.2 Å². The predicted octanol–water partition coefficient (Wildman–Crippen LogP) is 1.78. The maximum absolute atomic E-state index is 12.7. The zero-order valence-corrected chi connectivity index (χ0v) is 17.0. The number of amides is 1. The molecule has 2 heterocycles. The second-order valence-electron chi connectivity index (χ2n) is 7.46. The number of carboxylic acid groups (broad SMARTS) is 1. The number of likely N-dealkylation sites (tertiary alicyclic amines) is 1. The highest BCUT2D eigenvalue weighted by Gasteiger charge is 2.29. The molecule has 1 aromatic carbocycles. The lowest BCUT2D eigenvalue weighted by Crippen LogP contribution is -2.47. The van der Waals surface area contributed by atoms with E-state index in [0.717, 1.165) is 19.4 Å². The van der Waals surface area contributed by atoms with Crippen molar-refractivity contribution >= 4 is 23.5 Å². The van der Waals surface area contributed by atoms with Crippen molar-refractivity contribution in [2.45, 2.75) is 31.8 Å². The first-order valence-electron chi connectivity index (χ1n) is 9.93. The molecule has 0 bridgehead atoms. The fraction of sp³-hybridized carbons (Fsp3) is 0.600. The van der Waals surface area contributed by atoms with Gasteiger partial charge >= 0.3 is 5.97 Å². The molecule has 3 rings (SSSR count). The lowest BCUT2D eigenvalue weighted by atomic mass is 9.93. The largest absolute Gasteiger partial charge is 0.489 e. The number of hydrogen-bond donors (Lipinski definition) is 3. The van der Waals surface area contributed by atoms with Crippen LogP contribution in [0.25, 0.3) is 0 Å². The van der Waals surface area contributed by atoms with E-state index >= 15 is 0 Å². The molecule has 2 unspecified atom stereocenters. The highest BCUT2D eigenvalue weighted by atomic mass is 35.5. The number of halogens is 1. The molecule has 1 saturated heterocycles. The molecule has 29 heavy (non-hydrogen) atoms. The maximum Gasteiger partial charge on any atom is 0.303 e. The van der Waals surface area contributed by atoms with Gasteiger partial charge in [-0.2, -0.15) is 0 Å². The minimum atomic E-state index is -0.809. The van der Waals surface area contributed by atoms with Crippen LogP contribution >= 0.6 is 11.6 Å². The number of rotatable bonds is 7. The van der Waals surface area contributed by atoms with Crippen LogP contribution in [0.1, 0.15) is 36.0 Å². The monoisotopic (exact) mass is 426 g/mol. The Labute approximate surface area is 174 Å². The van der Waals surface area contributed by atoms with Gasteiger partial charge in [0.25, 0.3) is 5.91 Å². The normalized spacial score (nSPS) is 22.0. The van der Waals surface area contributed by atoms with E-state index in [4.69, 9.17) is 26.2 Å². The van der Waals surface area contributed by atoms with Gasteiger partial charge in [-0.3, -0.25) is 9.59 Å². The Morgan fingerprint density at radius 2 is 2.07 bits per heavy atom. The molecule has 1 fully saturated rings. The molecular formula is C20H27ClN2O6. The van der Waals surface area contributed by atoms with Gasteiger partial charge in [-0.15, -0.1) is 0 Å². The Bertz CT molecular complexity index is 744. The van der Waals surface area contributed by atoms with Crippen molar-refractivity contribution in [3.63, 3.8) is 0 Å². The SMILES string of the molecule is O=C(O)CCCN1CCC(CNC(=O)c2cc(Cl)cc3c2OCCCO3)C(O)C1. The standard InChI is InChI=1S/C20H27ClN2O6/c21-14-9-15(19-17(10-14)28-7-2-8-29-19)20(27)22-11-13-4-6-23(12-16(13)24)5-1-3-18(25)26/h9-10,13,16,24H,1-8,11-12H2,(H,22,27)(H,25,26). The van der Waals surface area contributed by atoms with Crippen LogP contribution in [0.4, 0.5) is 0 Å². The van der Waals surface area contributed by atoms with Crippen LogP contribution in [0.5, 0.6) is 11.5 Å². The summed E-state index contributed by atoms with van der Waals surface area (Å²) in [5, 5.41) is 22.4. The van der Waals surface area contributed by atoms with Crippen LogP contribution in [0, 0.1) is 5.92 Å². The highest BCUT2D eigenvalue weighted by Crippen LogP contribution is 2.36. The van der Waals surface area contributed by atoms with Crippen LogP contribution in [-0.4, -0.2) is 72.5 Å². The van der Waals surface area contributed by atoms with Gasteiger partial charge in [0.1, 0.15) is 0 Å². The van der Waals surface area contributed by atoms with Crippen LogP contribution in [0.15, 0.2) is 12.1 Å². The molecule has 0 aliphatic carbocycles. The third-order valence-electron chi connectivity index (χ3n) is 5.25. The van der Waals surface area contributed by atoms with Gasteiger partial charge in [-0.1, -0.05) is 11.6 Å². The number of benzene rings is 1. The van der Waals surface area contributed by atoms with E-state index in [1.165, 1.54) is 0 Å². The number of carbonyl (C=O) groups excluding carboxylic acids is 1.